The molecule has 3 aromatic carbocycles. The molecule has 40 heavy (non-hydrogen) atoms. The first kappa shape index (κ1) is 26.2. The number of ether oxygens (including phenoxy) is 1. The molecule has 1 aliphatic rings. The maximum atomic E-state index is 13.7. The molecule has 2 heterocycles. The van der Waals surface area contributed by atoms with Crippen LogP contribution in [-0.4, -0.2) is 33.6 Å². The lowest BCUT2D eigenvalue weighted by Crippen LogP contribution is -2.32. The van der Waals surface area contributed by atoms with E-state index in [0.29, 0.717) is 39.8 Å². The number of aryl methyl sites for hydroxylation is 1. The van der Waals surface area contributed by atoms with E-state index in [4.69, 9.17) is 4.74 Å². The van der Waals surface area contributed by atoms with Crippen LogP contribution in [-0.2, 0) is 4.79 Å². The normalized spacial score (nSPS) is 14.1. The van der Waals surface area contributed by atoms with Crippen LogP contribution in [0.15, 0.2) is 90.3 Å². The Labute approximate surface area is 229 Å². The van der Waals surface area contributed by atoms with Crippen molar-refractivity contribution < 1.29 is 19.2 Å². The summed E-state index contributed by atoms with van der Waals surface area (Å²) in [6.45, 7) is 3.66. The maximum Gasteiger partial charge on any atom is 0.269 e. The van der Waals surface area contributed by atoms with Crippen LogP contribution in [0.5, 0.6) is 5.75 Å². The number of nitrogens with one attached hydrogen (secondary N) is 3. The fraction of sp³-hybridized carbons (Fsp3) is 0.138. The van der Waals surface area contributed by atoms with Gasteiger partial charge in [-0.25, -0.2) is 4.68 Å². The molecule has 3 N–H and O–H groups in total. The molecule has 0 fully saturated rings. The lowest BCUT2D eigenvalue weighted by molar-refractivity contribution is -0.384. The Morgan fingerprint density at radius 1 is 1.00 bits per heavy atom. The van der Waals surface area contributed by atoms with E-state index in [-0.39, 0.29) is 17.2 Å². The van der Waals surface area contributed by atoms with E-state index < -0.39 is 16.9 Å². The Bertz CT molecular complexity index is 1660. The van der Waals surface area contributed by atoms with Gasteiger partial charge in [-0.1, -0.05) is 24.3 Å². The smallest absolute Gasteiger partial charge is 0.269 e. The number of nitrogens with zero attached hydrogens (tertiary/aromatic N) is 3. The van der Waals surface area contributed by atoms with Crippen LogP contribution in [0.1, 0.15) is 34.5 Å². The van der Waals surface area contributed by atoms with Gasteiger partial charge in [-0.15, -0.1) is 0 Å². The molecule has 0 bridgehead atoms. The van der Waals surface area contributed by atoms with Gasteiger partial charge in [0.25, 0.3) is 17.5 Å². The van der Waals surface area contributed by atoms with Gasteiger partial charge in [0, 0.05) is 23.5 Å². The fourth-order valence-corrected chi connectivity index (χ4v) is 4.66. The van der Waals surface area contributed by atoms with Crippen LogP contribution in [0.2, 0.25) is 0 Å². The van der Waals surface area contributed by atoms with Gasteiger partial charge in [0.2, 0.25) is 0 Å². The van der Waals surface area contributed by atoms with Crippen molar-refractivity contribution in [1.82, 2.24) is 9.78 Å². The Kier molecular flexibility index (Phi) is 7.02. The molecule has 4 aromatic rings. The number of nitro benzene ring substituents is 1. The van der Waals surface area contributed by atoms with Gasteiger partial charge >= 0.3 is 0 Å². The van der Waals surface area contributed by atoms with Gasteiger partial charge < -0.3 is 20.7 Å². The average Bonchev–Trinajstić information content (AvgIpc) is 3.36. The predicted molar refractivity (Wildman–Crippen MR) is 151 cm³/mol. The highest BCUT2D eigenvalue weighted by atomic mass is 16.6. The summed E-state index contributed by atoms with van der Waals surface area (Å²) in [6, 6.07) is 19.6. The minimum Gasteiger partial charge on any atom is -0.495 e. The first-order valence-corrected chi connectivity index (χ1v) is 12.4. The Balaban J connectivity index is 1.56. The number of carbonyl (C=O) groups excluding carboxylic acids is 2. The lowest BCUT2D eigenvalue weighted by Gasteiger charge is -2.30. The number of aromatic nitrogens is 2. The second kappa shape index (κ2) is 10.7. The number of anilines is 3. The van der Waals surface area contributed by atoms with Gasteiger partial charge in [0.1, 0.15) is 23.2 Å². The van der Waals surface area contributed by atoms with E-state index >= 15 is 0 Å². The number of rotatable bonds is 7. The standard InChI is InChI=1S/C29H26N6O5/c1-17-7-6-8-20(15-17)32-28(36)22-16-30-34-26(19-11-13-21(14-12-19)35(38)39)25(18(2)31-27(22)34)29(37)33-23-9-4-5-10-24(23)40-3/h4-16,26,31H,1-3H3,(H,32,36)(H,33,37)/t26-/m0/s1. The van der Waals surface area contributed by atoms with Gasteiger partial charge in [-0.05, 0) is 61.4 Å². The van der Waals surface area contributed by atoms with Crippen LogP contribution in [0, 0.1) is 17.0 Å². The van der Waals surface area contributed by atoms with Gasteiger partial charge in [0.15, 0.2) is 0 Å². The Hall–Kier alpha value is -5.45. The van der Waals surface area contributed by atoms with Crippen LogP contribution in [0.25, 0.3) is 0 Å². The van der Waals surface area contributed by atoms with Crippen LogP contribution in [0.3, 0.4) is 0 Å². The zero-order valence-electron chi connectivity index (χ0n) is 22.0. The number of hydrogen-bond donors (Lipinski definition) is 3. The number of fused-ring (bicyclic) bond motifs is 1. The SMILES string of the molecule is COc1ccccc1NC(=O)C1=C(C)Nc2c(C(=O)Nc3cccc(C)c3)cnn2[C@H]1c1ccc([N+](=O)[O-])cc1. The Morgan fingerprint density at radius 3 is 2.45 bits per heavy atom. The van der Waals surface area contributed by atoms with Crippen molar-refractivity contribution in [2.24, 2.45) is 0 Å². The molecular weight excluding hydrogens is 512 g/mol. The van der Waals surface area contributed by atoms with Crippen molar-refractivity contribution in [3.8, 4) is 5.75 Å². The van der Waals surface area contributed by atoms with Crippen molar-refractivity contribution in [2.45, 2.75) is 19.9 Å². The monoisotopic (exact) mass is 538 g/mol. The van der Waals surface area contributed by atoms with Crippen molar-refractivity contribution in [3.63, 3.8) is 0 Å². The van der Waals surface area contributed by atoms with Crippen LogP contribution < -0.4 is 20.7 Å². The first-order valence-electron chi connectivity index (χ1n) is 12.4. The van der Waals surface area contributed by atoms with Crippen molar-refractivity contribution >= 4 is 34.7 Å². The molecule has 0 saturated heterocycles. The van der Waals surface area contributed by atoms with E-state index in [1.54, 1.807) is 49.4 Å². The third-order valence-electron chi connectivity index (χ3n) is 6.56. The number of benzene rings is 3. The van der Waals surface area contributed by atoms with Crippen molar-refractivity contribution in [1.29, 1.82) is 0 Å². The molecule has 0 spiro atoms. The number of para-hydroxylation sites is 2. The quantitative estimate of drug-likeness (QED) is 0.215. The zero-order chi connectivity index (χ0) is 28.4. The summed E-state index contributed by atoms with van der Waals surface area (Å²) in [7, 11) is 1.51. The van der Waals surface area contributed by atoms with Crippen molar-refractivity contribution in [3.05, 3.63) is 117 Å². The number of amides is 2. The molecule has 1 aromatic heterocycles. The molecule has 11 nitrogen and oxygen atoms in total. The highest BCUT2D eigenvalue weighted by Gasteiger charge is 2.35. The summed E-state index contributed by atoms with van der Waals surface area (Å²) in [6.07, 6.45) is 1.43. The first-order chi connectivity index (χ1) is 19.3. The lowest BCUT2D eigenvalue weighted by atomic mass is 9.94. The fourth-order valence-electron chi connectivity index (χ4n) is 4.66. The Morgan fingerprint density at radius 2 is 1.75 bits per heavy atom. The van der Waals surface area contributed by atoms with E-state index in [1.807, 2.05) is 25.1 Å². The topological polar surface area (TPSA) is 140 Å². The molecule has 1 aliphatic heterocycles. The maximum absolute atomic E-state index is 13.7. The summed E-state index contributed by atoms with van der Waals surface area (Å²) in [5.74, 6) is 0.0702. The van der Waals surface area contributed by atoms with Gasteiger partial charge in [-0.2, -0.15) is 5.10 Å². The minimum absolute atomic E-state index is 0.0858. The van der Waals surface area contributed by atoms with E-state index in [1.165, 1.54) is 30.1 Å². The molecule has 0 aliphatic carbocycles. The van der Waals surface area contributed by atoms with Gasteiger partial charge in [0.05, 0.1) is 29.5 Å². The second-order valence-corrected chi connectivity index (χ2v) is 9.24. The summed E-state index contributed by atoms with van der Waals surface area (Å²) in [5.41, 5.74) is 3.69. The highest BCUT2D eigenvalue weighted by molar-refractivity contribution is 6.09. The largest absolute Gasteiger partial charge is 0.495 e. The molecule has 202 valence electrons. The van der Waals surface area contributed by atoms with Crippen molar-refractivity contribution in [2.75, 3.05) is 23.1 Å². The number of hydrogen-bond acceptors (Lipinski definition) is 7. The van der Waals surface area contributed by atoms with Crippen LogP contribution >= 0.6 is 0 Å². The molecular formula is C29H26N6O5. The number of nitro groups is 1. The van der Waals surface area contributed by atoms with E-state index in [2.05, 4.69) is 21.0 Å². The van der Waals surface area contributed by atoms with Crippen LogP contribution in [0.4, 0.5) is 22.9 Å². The molecule has 0 radical (unpaired) electrons. The van der Waals surface area contributed by atoms with E-state index in [0.717, 1.165) is 5.56 Å². The summed E-state index contributed by atoms with van der Waals surface area (Å²) in [4.78, 5) is 37.8. The summed E-state index contributed by atoms with van der Waals surface area (Å²) < 4.78 is 6.92. The summed E-state index contributed by atoms with van der Waals surface area (Å²) >= 11 is 0. The number of allylic oxidation sites excluding steroid dienone is 1. The predicted octanol–water partition coefficient (Wildman–Crippen LogP) is 5.29. The molecule has 0 saturated carbocycles. The van der Waals surface area contributed by atoms with E-state index in [9.17, 15) is 19.7 Å². The third-order valence-corrected chi connectivity index (χ3v) is 6.56. The molecule has 5 rings (SSSR count). The molecule has 1 atom stereocenters. The second-order valence-electron chi connectivity index (χ2n) is 9.24. The number of non-ortho nitro benzene ring substituents is 1. The zero-order valence-corrected chi connectivity index (χ0v) is 22.0. The average molecular weight is 539 g/mol. The molecule has 2 amide bonds. The highest BCUT2D eigenvalue weighted by Crippen LogP contribution is 2.39. The third kappa shape index (κ3) is 4.99. The molecule has 0 unspecified atom stereocenters. The summed E-state index contributed by atoms with van der Waals surface area (Å²) in [5, 5.41) is 24.7. The van der Waals surface area contributed by atoms with Gasteiger partial charge in [-0.3, -0.25) is 19.7 Å². The minimum atomic E-state index is -0.785. The molecule has 11 heteroatoms. The number of methoxy groups -OCH3 is 1. The number of carbonyl (C=O) groups is 2.